The number of para-hydroxylation sites is 1. The number of hydrogen-bond acceptors (Lipinski definition) is 4. The van der Waals surface area contributed by atoms with Gasteiger partial charge in [-0.3, -0.25) is 4.79 Å². The molecule has 0 aliphatic heterocycles. The number of hydrogen-bond donors (Lipinski definition) is 1. The van der Waals surface area contributed by atoms with Crippen LogP contribution in [0, 0.1) is 0 Å². The van der Waals surface area contributed by atoms with Gasteiger partial charge in [0.25, 0.3) is 0 Å². The molecule has 0 aliphatic carbocycles. The maximum Gasteiger partial charge on any atom is 0.341 e. The monoisotopic (exact) mass is 256 g/mol. The van der Waals surface area contributed by atoms with E-state index in [-0.39, 0.29) is 29.3 Å². The smallest absolute Gasteiger partial charge is 0.341 e. The summed E-state index contributed by atoms with van der Waals surface area (Å²) in [6, 6.07) is 4.46. The zero-order valence-electron chi connectivity index (χ0n) is 9.57. The van der Waals surface area contributed by atoms with Crippen molar-refractivity contribution in [3.8, 4) is 5.75 Å². The van der Waals surface area contributed by atoms with Crippen LogP contribution in [-0.2, 0) is 9.53 Å². The molecule has 0 amide bonds. The van der Waals surface area contributed by atoms with Crippen LogP contribution in [0.2, 0.25) is 0 Å². The van der Waals surface area contributed by atoms with Crippen molar-refractivity contribution in [3.05, 3.63) is 29.3 Å². The SMILES string of the molecule is CCOC(=O)c1cccc(C(Cl)C(C)=O)c1O. The number of alkyl halides is 1. The first-order valence-electron chi connectivity index (χ1n) is 5.12. The number of Topliss-reactive ketones (excluding diaryl/α,β-unsaturated/α-hetero) is 1. The van der Waals surface area contributed by atoms with E-state index < -0.39 is 11.3 Å². The Balaban J connectivity index is 3.15. The largest absolute Gasteiger partial charge is 0.507 e. The number of ketones is 1. The van der Waals surface area contributed by atoms with Crippen LogP contribution >= 0.6 is 11.6 Å². The number of esters is 1. The molecule has 0 saturated carbocycles. The van der Waals surface area contributed by atoms with Gasteiger partial charge in [0, 0.05) is 5.56 Å². The molecule has 0 aliphatic rings. The lowest BCUT2D eigenvalue weighted by molar-refractivity contribution is -0.116. The second-order valence-electron chi connectivity index (χ2n) is 3.44. The molecule has 1 N–H and O–H groups in total. The van der Waals surface area contributed by atoms with E-state index in [9.17, 15) is 14.7 Å². The Hall–Kier alpha value is -1.55. The van der Waals surface area contributed by atoms with Gasteiger partial charge in [0.1, 0.15) is 16.7 Å². The van der Waals surface area contributed by atoms with E-state index in [0.29, 0.717) is 0 Å². The summed E-state index contributed by atoms with van der Waals surface area (Å²) < 4.78 is 4.78. The topological polar surface area (TPSA) is 63.6 Å². The van der Waals surface area contributed by atoms with E-state index in [1.165, 1.54) is 19.1 Å². The third-order valence-corrected chi connectivity index (χ3v) is 2.73. The summed E-state index contributed by atoms with van der Waals surface area (Å²) in [5.41, 5.74) is 0.223. The maximum atomic E-state index is 11.5. The number of carbonyl (C=O) groups excluding carboxylic acids is 2. The van der Waals surface area contributed by atoms with Gasteiger partial charge in [-0.1, -0.05) is 12.1 Å². The molecule has 0 fully saturated rings. The predicted molar refractivity (Wildman–Crippen MR) is 63.3 cm³/mol. The van der Waals surface area contributed by atoms with E-state index in [1.54, 1.807) is 13.0 Å². The number of halogens is 1. The second-order valence-corrected chi connectivity index (χ2v) is 3.87. The zero-order valence-corrected chi connectivity index (χ0v) is 10.3. The highest BCUT2D eigenvalue weighted by Gasteiger charge is 2.22. The van der Waals surface area contributed by atoms with E-state index >= 15 is 0 Å². The molecule has 4 nitrogen and oxygen atoms in total. The Kier molecular flexibility index (Phi) is 4.52. The summed E-state index contributed by atoms with van der Waals surface area (Å²) >= 11 is 5.84. The fourth-order valence-electron chi connectivity index (χ4n) is 1.36. The minimum atomic E-state index is -0.968. The number of aromatic hydroxyl groups is 1. The highest BCUT2D eigenvalue weighted by atomic mass is 35.5. The van der Waals surface area contributed by atoms with E-state index in [0.717, 1.165) is 0 Å². The number of carbonyl (C=O) groups is 2. The van der Waals surface area contributed by atoms with Crippen molar-refractivity contribution in [2.75, 3.05) is 6.61 Å². The van der Waals surface area contributed by atoms with Crippen molar-refractivity contribution >= 4 is 23.4 Å². The number of rotatable bonds is 4. The molecule has 0 heterocycles. The van der Waals surface area contributed by atoms with E-state index in [1.807, 2.05) is 0 Å². The molecule has 0 aromatic heterocycles. The van der Waals surface area contributed by atoms with Crippen LogP contribution in [-0.4, -0.2) is 23.5 Å². The van der Waals surface area contributed by atoms with Gasteiger partial charge in [0.15, 0.2) is 5.78 Å². The van der Waals surface area contributed by atoms with Gasteiger partial charge in [0.05, 0.1) is 6.61 Å². The molecule has 92 valence electrons. The van der Waals surface area contributed by atoms with Gasteiger partial charge < -0.3 is 9.84 Å². The summed E-state index contributed by atoms with van der Waals surface area (Å²) in [7, 11) is 0. The van der Waals surface area contributed by atoms with Crippen LogP contribution in [0.25, 0.3) is 0 Å². The zero-order chi connectivity index (χ0) is 13.0. The lowest BCUT2D eigenvalue weighted by Gasteiger charge is -2.11. The van der Waals surface area contributed by atoms with E-state index in [4.69, 9.17) is 16.3 Å². The Labute approximate surface area is 104 Å². The molecule has 0 bridgehead atoms. The van der Waals surface area contributed by atoms with Crippen LogP contribution in [0.1, 0.15) is 35.1 Å². The van der Waals surface area contributed by atoms with Crippen molar-refractivity contribution in [1.29, 1.82) is 0 Å². The van der Waals surface area contributed by atoms with Gasteiger partial charge in [-0.2, -0.15) is 0 Å². The number of phenols is 1. The summed E-state index contributed by atoms with van der Waals surface area (Å²) in [5, 5.41) is 8.90. The standard InChI is InChI=1S/C12H13ClO4/c1-3-17-12(16)9-6-4-5-8(11(9)15)10(13)7(2)14/h4-6,10,15H,3H2,1-2H3. The molecule has 17 heavy (non-hydrogen) atoms. The highest BCUT2D eigenvalue weighted by molar-refractivity contribution is 6.31. The molecular weight excluding hydrogens is 244 g/mol. The lowest BCUT2D eigenvalue weighted by atomic mass is 10.0. The molecule has 1 aromatic carbocycles. The van der Waals surface area contributed by atoms with Gasteiger partial charge in [-0.05, 0) is 19.9 Å². The quantitative estimate of drug-likeness (QED) is 0.664. The first kappa shape index (κ1) is 13.5. The Bertz CT molecular complexity index is 442. The molecule has 1 unspecified atom stereocenters. The molecular formula is C12H13ClO4. The number of phenolic OH excluding ortho intramolecular Hbond substituents is 1. The predicted octanol–water partition coefficient (Wildman–Crippen LogP) is 2.44. The first-order valence-corrected chi connectivity index (χ1v) is 5.56. The summed E-state index contributed by atoms with van der Waals surface area (Å²) in [4.78, 5) is 22.6. The van der Waals surface area contributed by atoms with Crippen molar-refractivity contribution in [2.24, 2.45) is 0 Å². The van der Waals surface area contributed by atoms with E-state index in [2.05, 4.69) is 0 Å². The van der Waals surface area contributed by atoms with Gasteiger partial charge in [-0.25, -0.2) is 4.79 Å². The minimum absolute atomic E-state index is 0.0104. The summed E-state index contributed by atoms with van der Waals surface area (Å²) in [6.45, 7) is 3.19. The lowest BCUT2D eigenvalue weighted by Crippen LogP contribution is -2.08. The van der Waals surface area contributed by atoms with Crippen molar-refractivity contribution in [2.45, 2.75) is 19.2 Å². The normalized spacial score (nSPS) is 11.9. The fraction of sp³-hybridized carbons (Fsp3) is 0.333. The molecule has 0 saturated heterocycles. The fourth-order valence-corrected chi connectivity index (χ4v) is 1.53. The van der Waals surface area contributed by atoms with Crippen LogP contribution in [0.5, 0.6) is 5.75 Å². The molecule has 0 radical (unpaired) electrons. The molecule has 0 spiro atoms. The Morgan fingerprint density at radius 1 is 1.47 bits per heavy atom. The van der Waals surface area contributed by atoms with Crippen LogP contribution in [0.3, 0.4) is 0 Å². The van der Waals surface area contributed by atoms with Crippen LogP contribution < -0.4 is 0 Å². The second kappa shape index (κ2) is 5.68. The third kappa shape index (κ3) is 2.97. The molecule has 5 heteroatoms. The van der Waals surface area contributed by atoms with Crippen LogP contribution in [0.15, 0.2) is 18.2 Å². The molecule has 1 atom stereocenters. The Morgan fingerprint density at radius 3 is 2.65 bits per heavy atom. The minimum Gasteiger partial charge on any atom is -0.507 e. The summed E-state index contributed by atoms with van der Waals surface area (Å²) in [5.74, 6) is -1.25. The first-order chi connectivity index (χ1) is 7.99. The molecule has 1 aromatic rings. The number of ether oxygens (including phenoxy) is 1. The maximum absolute atomic E-state index is 11.5. The van der Waals surface area contributed by atoms with Gasteiger partial charge in [0.2, 0.25) is 0 Å². The van der Waals surface area contributed by atoms with Gasteiger partial charge >= 0.3 is 5.97 Å². The Morgan fingerprint density at radius 2 is 2.12 bits per heavy atom. The summed E-state index contributed by atoms with van der Waals surface area (Å²) in [6.07, 6.45) is 0. The van der Waals surface area contributed by atoms with Crippen molar-refractivity contribution in [3.63, 3.8) is 0 Å². The van der Waals surface area contributed by atoms with Crippen LogP contribution in [0.4, 0.5) is 0 Å². The van der Waals surface area contributed by atoms with Gasteiger partial charge in [-0.15, -0.1) is 11.6 Å². The van der Waals surface area contributed by atoms with Crippen molar-refractivity contribution < 1.29 is 19.4 Å². The average molecular weight is 257 g/mol. The van der Waals surface area contributed by atoms with Crippen molar-refractivity contribution in [1.82, 2.24) is 0 Å². The highest BCUT2D eigenvalue weighted by Crippen LogP contribution is 2.32. The number of benzene rings is 1. The molecule has 1 rings (SSSR count). The third-order valence-electron chi connectivity index (χ3n) is 2.19. The average Bonchev–Trinajstić information content (AvgIpc) is 2.28.